The summed E-state index contributed by atoms with van der Waals surface area (Å²) in [5.41, 5.74) is 0. The van der Waals surface area contributed by atoms with Gasteiger partial charge in [0, 0.05) is 6.61 Å². The van der Waals surface area contributed by atoms with Gasteiger partial charge in [-0.3, -0.25) is 0 Å². The normalized spacial score (nSPS) is 32.0. The lowest BCUT2D eigenvalue weighted by molar-refractivity contribution is 0.147. The first-order valence-electron chi connectivity index (χ1n) is 2.76. The summed E-state index contributed by atoms with van der Waals surface area (Å²) in [7, 11) is 4.28. The summed E-state index contributed by atoms with van der Waals surface area (Å²) >= 11 is 0. The first kappa shape index (κ1) is 4.02. The maximum atomic E-state index is 5.34. The average molecular weight is 91.7 g/mol. The molecule has 0 aromatic heterocycles. The molecule has 1 spiro atoms. The molecular weight excluding hydrogens is 85.7 g/mol. The lowest BCUT2D eigenvalue weighted by atomic mass is 9.81. The van der Waals surface area contributed by atoms with Crippen LogP contribution in [0.4, 0.5) is 0 Å². The van der Waals surface area contributed by atoms with E-state index in [1.165, 1.54) is 12.8 Å². The molecule has 2 aliphatic rings. The Labute approximate surface area is 44.9 Å². The third-order valence-electron chi connectivity index (χ3n) is 1.62. The third kappa shape index (κ3) is 0.513. The number of hydrogen-bond acceptors (Lipinski definition) is 1. The highest BCUT2D eigenvalue weighted by molar-refractivity contribution is 7.24. The second kappa shape index (κ2) is 1.08. The van der Waals surface area contributed by atoms with Crippen molar-refractivity contribution >= 4 is 14.3 Å². The van der Waals surface area contributed by atoms with E-state index in [2.05, 4.69) is 14.3 Å². The van der Waals surface area contributed by atoms with Gasteiger partial charge in [-0.05, 0) is 18.2 Å². The Morgan fingerprint density at radius 3 is 2.57 bits per heavy atom. The molecule has 0 aliphatic carbocycles. The molecule has 2 radical (unpaired) electrons. The molecule has 0 aromatic rings. The smallest absolute Gasteiger partial charge is 0.0993 e. The second-order valence-corrected chi connectivity index (χ2v) is 2.24. The van der Waals surface area contributed by atoms with Gasteiger partial charge >= 0.3 is 0 Å². The van der Waals surface area contributed by atoms with Gasteiger partial charge in [0.15, 0.2) is 0 Å². The quantitative estimate of drug-likeness (QED) is 0.375. The highest BCUT2D eigenvalue weighted by Gasteiger charge is 2.47. The van der Waals surface area contributed by atoms with E-state index in [1.54, 1.807) is 0 Å². The summed E-state index contributed by atoms with van der Waals surface area (Å²) < 4.78 is 5.34. The molecule has 7 heavy (non-hydrogen) atoms. The molecule has 0 atom stereocenters. The van der Waals surface area contributed by atoms with Gasteiger partial charge in [0.1, 0.15) is 0 Å². The van der Waals surface area contributed by atoms with Crippen molar-refractivity contribution < 1.29 is 4.74 Å². The number of rotatable bonds is 0. The van der Waals surface area contributed by atoms with Gasteiger partial charge in [-0.1, -0.05) is 0 Å². The van der Waals surface area contributed by atoms with Crippen LogP contribution in [0.1, 0.15) is 12.8 Å². The van der Waals surface area contributed by atoms with E-state index in [0.29, 0.717) is 0 Å². The standard InChI is InChI=1S/C4H6B2O/c1-2-4(5-6-4)7-3-1/h1-3H2. The van der Waals surface area contributed by atoms with Crippen molar-refractivity contribution in [3.05, 3.63) is 0 Å². The van der Waals surface area contributed by atoms with Crippen LogP contribution in [0.3, 0.4) is 0 Å². The minimum atomic E-state index is 0.194. The molecule has 3 heteroatoms. The molecule has 0 bridgehead atoms. The summed E-state index contributed by atoms with van der Waals surface area (Å²) in [5.74, 6) is 0. The molecular formula is C4H6B2O. The van der Waals surface area contributed by atoms with Gasteiger partial charge < -0.3 is 4.74 Å². The molecule has 0 unspecified atom stereocenters. The maximum absolute atomic E-state index is 5.34. The summed E-state index contributed by atoms with van der Waals surface area (Å²) in [6.07, 6.45) is 2.47. The lowest BCUT2D eigenvalue weighted by Gasteiger charge is -2.03. The predicted molar refractivity (Wildman–Crippen MR) is 29.4 cm³/mol. The van der Waals surface area contributed by atoms with Crippen molar-refractivity contribution in [3.63, 3.8) is 0 Å². The van der Waals surface area contributed by atoms with E-state index < -0.39 is 0 Å². The molecule has 1 nitrogen and oxygen atoms in total. The molecule has 0 saturated carbocycles. The fourth-order valence-corrected chi connectivity index (χ4v) is 1.04. The summed E-state index contributed by atoms with van der Waals surface area (Å²) in [6, 6.07) is 0. The van der Waals surface area contributed by atoms with E-state index >= 15 is 0 Å². The van der Waals surface area contributed by atoms with Crippen molar-refractivity contribution in [2.45, 2.75) is 18.2 Å². The van der Waals surface area contributed by atoms with Crippen LogP contribution in [-0.4, -0.2) is 26.3 Å². The maximum Gasteiger partial charge on any atom is 0.0993 e. The zero-order valence-corrected chi connectivity index (χ0v) is 4.18. The molecule has 2 fully saturated rings. The van der Waals surface area contributed by atoms with Crippen LogP contribution < -0.4 is 0 Å². The fourth-order valence-electron chi connectivity index (χ4n) is 1.04. The molecule has 0 aromatic carbocycles. The van der Waals surface area contributed by atoms with Crippen molar-refractivity contribution in [1.82, 2.24) is 0 Å². The molecule has 0 N–H and O–H groups in total. The number of ether oxygens (including phenoxy) is 1. The van der Waals surface area contributed by atoms with Gasteiger partial charge in [-0.15, -0.1) is 0 Å². The number of hydrogen-bond donors (Lipinski definition) is 0. The van der Waals surface area contributed by atoms with Gasteiger partial charge in [-0.2, -0.15) is 0 Å². The van der Waals surface area contributed by atoms with Crippen LogP contribution in [0.2, 0.25) is 0 Å². The summed E-state index contributed by atoms with van der Waals surface area (Å²) in [6.45, 7) is 0.965. The van der Waals surface area contributed by atoms with E-state index in [9.17, 15) is 0 Å². The topological polar surface area (TPSA) is 9.23 Å². The Bertz CT molecular complexity index is 81.7. The highest BCUT2D eigenvalue weighted by Crippen LogP contribution is 2.31. The minimum Gasteiger partial charge on any atom is -0.394 e. The summed E-state index contributed by atoms with van der Waals surface area (Å²) in [4.78, 5) is 0. The lowest BCUT2D eigenvalue weighted by Crippen LogP contribution is -2.08. The molecule has 2 heterocycles. The Morgan fingerprint density at radius 1 is 1.43 bits per heavy atom. The Balaban J connectivity index is 2.07. The minimum absolute atomic E-state index is 0.194. The average Bonchev–Trinajstić information content (AvgIpc) is 2.15. The third-order valence-corrected chi connectivity index (χ3v) is 1.62. The molecule has 0 amide bonds. The van der Waals surface area contributed by atoms with Crippen LogP contribution in [0.25, 0.3) is 0 Å². The second-order valence-electron chi connectivity index (χ2n) is 2.24. The van der Waals surface area contributed by atoms with Crippen molar-refractivity contribution in [1.29, 1.82) is 0 Å². The zero-order chi connectivity index (χ0) is 4.74. The van der Waals surface area contributed by atoms with E-state index in [1.807, 2.05) is 0 Å². The van der Waals surface area contributed by atoms with Crippen LogP contribution in [0, 0.1) is 0 Å². The first-order valence-corrected chi connectivity index (χ1v) is 2.76. The van der Waals surface area contributed by atoms with Gasteiger partial charge in [0.2, 0.25) is 0 Å². The predicted octanol–water partition coefficient (Wildman–Crippen LogP) is -0.212. The van der Waals surface area contributed by atoms with Crippen LogP contribution in [0.15, 0.2) is 0 Å². The molecule has 2 aliphatic heterocycles. The highest BCUT2D eigenvalue weighted by atomic mass is 16.5. The largest absolute Gasteiger partial charge is 0.394 e. The SMILES string of the molecule is [B]1[B]C12CCCO2. The molecule has 34 valence electrons. The van der Waals surface area contributed by atoms with E-state index in [-0.39, 0.29) is 5.40 Å². The Morgan fingerprint density at radius 2 is 2.29 bits per heavy atom. The van der Waals surface area contributed by atoms with Gasteiger partial charge in [0.05, 0.1) is 14.3 Å². The van der Waals surface area contributed by atoms with Crippen molar-refractivity contribution in [2.24, 2.45) is 0 Å². The van der Waals surface area contributed by atoms with Crippen LogP contribution in [-0.2, 0) is 4.74 Å². The van der Waals surface area contributed by atoms with Crippen molar-refractivity contribution in [3.8, 4) is 0 Å². The van der Waals surface area contributed by atoms with Crippen LogP contribution >= 0.6 is 0 Å². The molecule has 2 saturated heterocycles. The van der Waals surface area contributed by atoms with E-state index in [4.69, 9.17) is 4.74 Å². The Hall–Kier alpha value is 0.0899. The van der Waals surface area contributed by atoms with E-state index in [0.717, 1.165) is 6.61 Å². The first-order chi connectivity index (χ1) is 3.41. The molecule has 2 rings (SSSR count). The Kier molecular flexibility index (Phi) is 0.620. The summed E-state index contributed by atoms with van der Waals surface area (Å²) in [5, 5.41) is 0.194. The monoisotopic (exact) mass is 92.1 g/mol. The zero-order valence-electron chi connectivity index (χ0n) is 4.18. The fraction of sp³-hybridized carbons (Fsp3) is 1.00. The van der Waals surface area contributed by atoms with Crippen molar-refractivity contribution in [2.75, 3.05) is 6.61 Å². The van der Waals surface area contributed by atoms with Crippen LogP contribution in [0.5, 0.6) is 0 Å². The van der Waals surface area contributed by atoms with Gasteiger partial charge in [0.25, 0.3) is 0 Å². The van der Waals surface area contributed by atoms with Gasteiger partial charge in [-0.25, -0.2) is 0 Å².